The summed E-state index contributed by atoms with van der Waals surface area (Å²) in [5.41, 5.74) is 2.58. The van der Waals surface area contributed by atoms with Gasteiger partial charge in [-0.2, -0.15) is 0 Å². The fraction of sp³-hybridized carbons (Fsp3) is 0.0476. The molecule has 4 heteroatoms. The number of benzene rings is 2. The molecule has 1 heterocycles. The normalized spacial score (nSPS) is 11.1. The van der Waals surface area contributed by atoms with Crippen molar-refractivity contribution in [2.75, 3.05) is 0 Å². The molecule has 3 rings (SSSR count). The lowest BCUT2D eigenvalue weighted by atomic mass is 10.0. The Kier molecular flexibility index (Phi) is 5.22. The van der Waals surface area contributed by atoms with Gasteiger partial charge >= 0.3 is 5.97 Å². The van der Waals surface area contributed by atoms with Crippen LogP contribution < -0.4 is 4.74 Å². The van der Waals surface area contributed by atoms with Crippen molar-refractivity contribution in [2.45, 2.75) is 6.61 Å². The van der Waals surface area contributed by atoms with E-state index in [0.717, 1.165) is 11.1 Å². The van der Waals surface area contributed by atoms with Crippen molar-refractivity contribution in [3.05, 3.63) is 95.8 Å². The second-order valence-corrected chi connectivity index (χ2v) is 5.45. The van der Waals surface area contributed by atoms with E-state index in [4.69, 9.17) is 4.74 Å². The molecule has 25 heavy (non-hydrogen) atoms. The Morgan fingerprint density at radius 1 is 1.04 bits per heavy atom. The largest absolute Gasteiger partial charge is 0.489 e. The summed E-state index contributed by atoms with van der Waals surface area (Å²) in [6, 6.07) is 20.7. The predicted octanol–water partition coefficient (Wildman–Crippen LogP) is 4.29. The van der Waals surface area contributed by atoms with E-state index in [2.05, 4.69) is 4.98 Å². The Labute approximate surface area is 146 Å². The molecule has 4 nitrogen and oxygen atoms in total. The maximum absolute atomic E-state index is 11.6. The minimum absolute atomic E-state index is 0.188. The van der Waals surface area contributed by atoms with Crippen LogP contribution in [0, 0.1) is 0 Å². The van der Waals surface area contributed by atoms with E-state index >= 15 is 0 Å². The minimum atomic E-state index is -0.997. The summed E-state index contributed by atoms with van der Waals surface area (Å²) in [5.74, 6) is -0.308. The van der Waals surface area contributed by atoms with Crippen LogP contribution in [0.3, 0.4) is 0 Å². The van der Waals surface area contributed by atoms with E-state index in [-0.39, 0.29) is 5.57 Å². The Morgan fingerprint density at radius 2 is 1.88 bits per heavy atom. The summed E-state index contributed by atoms with van der Waals surface area (Å²) in [6.45, 7) is 0.461. The summed E-state index contributed by atoms with van der Waals surface area (Å²) in [4.78, 5) is 15.6. The van der Waals surface area contributed by atoms with Gasteiger partial charge in [0.25, 0.3) is 0 Å². The van der Waals surface area contributed by atoms with Gasteiger partial charge < -0.3 is 9.84 Å². The zero-order chi connectivity index (χ0) is 17.5. The summed E-state index contributed by atoms with van der Waals surface area (Å²) in [7, 11) is 0. The highest BCUT2D eigenvalue weighted by Gasteiger charge is 2.10. The summed E-state index contributed by atoms with van der Waals surface area (Å²) >= 11 is 0. The second-order valence-electron chi connectivity index (χ2n) is 5.45. The molecule has 0 atom stereocenters. The van der Waals surface area contributed by atoms with Crippen molar-refractivity contribution in [1.82, 2.24) is 4.98 Å². The Bertz CT molecular complexity index is 874. The van der Waals surface area contributed by atoms with E-state index in [1.165, 1.54) is 6.20 Å². The van der Waals surface area contributed by atoms with Crippen molar-refractivity contribution < 1.29 is 14.6 Å². The number of pyridine rings is 1. The van der Waals surface area contributed by atoms with Gasteiger partial charge in [-0.1, -0.05) is 48.5 Å². The first-order valence-corrected chi connectivity index (χ1v) is 7.84. The molecule has 0 spiro atoms. The van der Waals surface area contributed by atoms with E-state index in [0.29, 0.717) is 17.9 Å². The molecule has 1 aromatic heterocycles. The number of carbonyl (C=O) groups is 1. The molecule has 0 unspecified atom stereocenters. The van der Waals surface area contributed by atoms with Gasteiger partial charge in [0.05, 0.1) is 5.57 Å². The lowest BCUT2D eigenvalue weighted by Crippen LogP contribution is -2.00. The Hall–Kier alpha value is -3.40. The third-order valence-corrected chi connectivity index (χ3v) is 3.62. The smallest absolute Gasteiger partial charge is 0.336 e. The quantitative estimate of drug-likeness (QED) is 0.685. The number of hydrogen-bond donors (Lipinski definition) is 1. The fourth-order valence-electron chi connectivity index (χ4n) is 2.39. The second kappa shape index (κ2) is 7.93. The molecule has 0 aliphatic rings. The van der Waals surface area contributed by atoms with Gasteiger partial charge in [0, 0.05) is 18.0 Å². The molecule has 0 amide bonds. The molecule has 0 bridgehead atoms. The molecule has 0 saturated carbocycles. The SMILES string of the molecule is O=C(O)C(=Cc1cccc(OCc2ccccc2)c1)c1cccnc1. The Balaban J connectivity index is 1.81. The number of carboxylic acid groups (broad SMARTS) is 1. The number of rotatable bonds is 6. The fourth-order valence-corrected chi connectivity index (χ4v) is 2.39. The van der Waals surface area contributed by atoms with E-state index in [1.807, 2.05) is 54.6 Å². The number of nitrogens with zero attached hydrogens (tertiary/aromatic N) is 1. The molecule has 1 N–H and O–H groups in total. The first-order chi connectivity index (χ1) is 12.2. The molecule has 0 aliphatic carbocycles. The van der Waals surface area contributed by atoms with Gasteiger partial charge in [0.2, 0.25) is 0 Å². The highest BCUT2D eigenvalue weighted by Crippen LogP contribution is 2.21. The van der Waals surface area contributed by atoms with Crippen LogP contribution in [0.5, 0.6) is 5.75 Å². The number of hydrogen-bond acceptors (Lipinski definition) is 3. The molecule has 0 aliphatic heterocycles. The highest BCUT2D eigenvalue weighted by atomic mass is 16.5. The van der Waals surface area contributed by atoms with Crippen LogP contribution in [0.4, 0.5) is 0 Å². The molecule has 0 fully saturated rings. The van der Waals surface area contributed by atoms with E-state index < -0.39 is 5.97 Å². The van der Waals surface area contributed by atoms with Crippen LogP contribution >= 0.6 is 0 Å². The predicted molar refractivity (Wildman–Crippen MR) is 97.0 cm³/mol. The van der Waals surface area contributed by atoms with Gasteiger partial charge in [-0.05, 0) is 35.4 Å². The van der Waals surface area contributed by atoms with Gasteiger partial charge in [-0.3, -0.25) is 4.98 Å². The third-order valence-electron chi connectivity index (χ3n) is 3.62. The average molecular weight is 331 g/mol. The van der Waals surface area contributed by atoms with Gasteiger partial charge in [-0.15, -0.1) is 0 Å². The topological polar surface area (TPSA) is 59.4 Å². The van der Waals surface area contributed by atoms with Crippen molar-refractivity contribution in [2.24, 2.45) is 0 Å². The molecule has 0 saturated heterocycles. The maximum Gasteiger partial charge on any atom is 0.336 e. The zero-order valence-electron chi connectivity index (χ0n) is 13.5. The van der Waals surface area contributed by atoms with Crippen LogP contribution in [0.2, 0.25) is 0 Å². The van der Waals surface area contributed by atoms with Gasteiger partial charge in [-0.25, -0.2) is 4.79 Å². The zero-order valence-corrected chi connectivity index (χ0v) is 13.5. The molecule has 3 aromatic rings. The molecular weight excluding hydrogens is 314 g/mol. The highest BCUT2D eigenvalue weighted by molar-refractivity contribution is 6.20. The maximum atomic E-state index is 11.6. The van der Waals surface area contributed by atoms with Crippen molar-refractivity contribution in [3.8, 4) is 5.75 Å². The number of aliphatic carboxylic acids is 1. The monoisotopic (exact) mass is 331 g/mol. The van der Waals surface area contributed by atoms with Crippen LogP contribution in [-0.4, -0.2) is 16.1 Å². The van der Waals surface area contributed by atoms with Crippen molar-refractivity contribution in [3.63, 3.8) is 0 Å². The van der Waals surface area contributed by atoms with Crippen LogP contribution in [0.15, 0.2) is 79.1 Å². The van der Waals surface area contributed by atoms with Crippen molar-refractivity contribution >= 4 is 17.6 Å². The van der Waals surface area contributed by atoms with Gasteiger partial charge in [0.15, 0.2) is 0 Å². The van der Waals surface area contributed by atoms with E-state index in [9.17, 15) is 9.90 Å². The molecule has 0 radical (unpaired) electrons. The van der Waals surface area contributed by atoms with Crippen LogP contribution in [0.1, 0.15) is 16.7 Å². The lowest BCUT2D eigenvalue weighted by Gasteiger charge is -2.08. The standard InChI is InChI=1S/C21H17NO3/c23-21(24)20(18-9-5-11-22-14-18)13-17-8-4-10-19(12-17)25-15-16-6-2-1-3-7-16/h1-14H,15H2,(H,23,24). The van der Waals surface area contributed by atoms with Crippen LogP contribution in [-0.2, 0) is 11.4 Å². The first-order valence-electron chi connectivity index (χ1n) is 7.84. The lowest BCUT2D eigenvalue weighted by molar-refractivity contribution is -0.130. The summed E-state index contributed by atoms with van der Waals surface area (Å²) in [5, 5.41) is 9.48. The summed E-state index contributed by atoms with van der Waals surface area (Å²) in [6.07, 6.45) is 4.77. The number of aromatic nitrogens is 1. The molecule has 124 valence electrons. The Morgan fingerprint density at radius 3 is 2.60 bits per heavy atom. The average Bonchev–Trinajstić information content (AvgIpc) is 2.66. The minimum Gasteiger partial charge on any atom is -0.489 e. The van der Waals surface area contributed by atoms with E-state index in [1.54, 1.807) is 24.4 Å². The van der Waals surface area contributed by atoms with Crippen molar-refractivity contribution in [1.29, 1.82) is 0 Å². The number of carboxylic acids is 1. The third kappa shape index (κ3) is 4.54. The first kappa shape index (κ1) is 16.5. The molecular formula is C21H17NO3. The number of ether oxygens (including phenoxy) is 1. The molecule has 2 aromatic carbocycles. The van der Waals surface area contributed by atoms with Gasteiger partial charge in [0.1, 0.15) is 12.4 Å². The van der Waals surface area contributed by atoms with Crippen LogP contribution in [0.25, 0.3) is 11.6 Å². The summed E-state index contributed by atoms with van der Waals surface area (Å²) < 4.78 is 5.79.